The molecule has 0 atom stereocenters. The van der Waals surface area contributed by atoms with Crippen molar-refractivity contribution in [3.63, 3.8) is 0 Å². The van der Waals surface area contributed by atoms with Gasteiger partial charge in [-0.1, -0.05) is 18.2 Å². The lowest BCUT2D eigenvalue weighted by Crippen LogP contribution is -2.13. The molecule has 1 amide bonds. The molecule has 0 saturated heterocycles. The summed E-state index contributed by atoms with van der Waals surface area (Å²) in [5.41, 5.74) is 2.96. The van der Waals surface area contributed by atoms with Gasteiger partial charge in [0.05, 0.1) is 16.3 Å². The van der Waals surface area contributed by atoms with Gasteiger partial charge < -0.3 is 5.32 Å². The van der Waals surface area contributed by atoms with E-state index in [1.54, 1.807) is 41.8 Å². The van der Waals surface area contributed by atoms with Crippen LogP contribution in [0, 0.1) is 13.8 Å². The first-order valence-corrected chi connectivity index (χ1v) is 10.3. The number of alkyl halides is 3. The minimum Gasteiger partial charge on any atom is -0.322 e. The van der Waals surface area contributed by atoms with Gasteiger partial charge in [-0.25, -0.2) is 4.68 Å². The van der Waals surface area contributed by atoms with E-state index in [0.29, 0.717) is 21.8 Å². The van der Waals surface area contributed by atoms with Crippen LogP contribution in [0.2, 0.25) is 0 Å². The van der Waals surface area contributed by atoms with Crippen molar-refractivity contribution in [1.82, 2.24) is 9.78 Å². The number of thiophene rings is 1. The van der Waals surface area contributed by atoms with Crippen molar-refractivity contribution in [3.8, 4) is 16.3 Å². The molecule has 158 valence electrons. The fraction of sp³-hybridized carbons (Fsp3) is 0.130. The quantitative estimate of drug-likeness (QED) is 0.394. The Morgan fingerprint density at radius 2 is 1.77 bits per heavy atom. The smallest absolute Gasteiger partial charge is 0.322 e. The lowest BCUT2D eigenvalue weighted by Gasteiger charge is -2.11. The number of nitrogens with one attached hydrogen (secondary N) is 1. The van der Waals surface area contributed by atoms with E-state index < -0.39 is 11.9 Å². The zero-order valence-electron chi connectivity index (χ0n) is 16.7. The van der Waals surface area contributed by atoms with Crippen molar-refractivity contribution < 1.29 is 18.0 Å². The minimum absolute atomic E-state index is 0.296. The summed E-state index contributed by atoms with van der Waals surface area (Å²) < 4.78 is 41.0. The Morgan fingerprint density at radius 3 is 2.42 bits per heavy atom. The predicted octanol–water partition coefficient (Wildman–Crippen LogP) is 6.49. The van der Waals surface area contributed by atoms with E-state index in [1.165, 1.54) is 16.0 Å². The van der Waals surface area contributed by atoms with E-state index in [-0.39, 0.29) is 5.91 Å². The van der Waals surface area contributed by atoms with Crippen LogP contribution in [0.4, 0.5) is 18.9 Å². The van der Waals surface area contributed by atoms with E-state index in [4.69, 9.17) is 0 Å². The van der Waals surface area contributed by atoms with E-state index >= 15 is 0 Å². The van der Waals surface area contributed by atoms with Crippen molar-refractivity contribution in [2.75, 3.05) is 5.32 Å². The average Bonchev–Trinajstić information content (AvgIpc) is 3.41. The zero-order chi connectivity index (χ0) is 22.2. The molecule has 4 aromatic rings. The van der Waals surface area contributed by atoms with Gasteiger partial charge in [-0.15, -0.1) is 11.3 Å². The first-order chi connectivity index (χ1) is 14.7. The van der Waals surface area contributed by atoms with Gasteiger partial charge in [0.1, 0.15) is 0 Å². The van der Waals surface area contributed by atoms with E-state index in [0.717, 1.165) is 22.9 Å². The SMILES string of the molecule is Cc1cccc(NC(=O)c2ccc(-n3nc(C(F)(F)F)cc3-c3cccs3)cc2)c1C. The molecule has 0 aliphatic heterocycles. The third-order valence-corrected chi connectivity index (χ3v) is 5.89. The molecule has 0 fully saturated rings. The van der Waals surface area contributed by atoms with Gasteiger partial charge in [0.25, 0.3) is 5.91 Å². The monoisotopic (exact) mass is 441 g/mol. The molecule has 2 aromatic heterocycles. The maximum Gasteiger partial charge on any atom is 0.435 e. The summed E-state index contributed by atoms with van der Waals surface area (Å²) in [5, 5.41) is 8.44. The van der Waals surface area contributed by atoms with Crippen LogP contribution in [0.15, 0.2) is 66.0 Å². The van der Waals surface area contributed by atoms with Gasteiger partial charge in [0.15, 0.2) is 5.69 Å². The first-order valence-electron chi connectivity index (χ1n) is 9.43. The van der Waals surface area contributed by atoms with Crippen molar-refractivity contribution in [3.05, 3.63) is 88.4 Å². The van der Waals surface area contributed by atoms with Crippen LogP contribution in [0.5, 0.6) is 0 Å². The maximum atomic E-state index is 13.3. The molecule has 0 radical (unpaired) electrons. The Morgan fingerprint density at radius 1 is 1.03 bits per heavy atom. The molecule has 0 unspecified atom stereocenters. The number of aryl methyl sites for hydroxylation is 1. The van der Waals surface area contributed by atoms with Crippen molar-refractivity contribution in [2.45, 2.75) is 20.0 Å². The van der Waals surface area contributed by atoms with Crippen molar-refractivity contribution >= 4 is 22.9 Å². The Bertz CT molecular complexity index is 1230. The Labute approximate surface area is 181 Å². The number of anilines is 1. The van der Waals surface area contributed by atoms with E-state index in [9.17, 15) is 18.0 Å². The lowest BCUT2D eigenvalue weighted by molar-refractivity contribution is -0.141. The predicted molar refractivity (Wildman–Crippen MR) is 116 cm³/mol. The topological polar surface area (TPSA) is 46.9 Å². The number of halogens is 3. The second kappa shape index (κ2) is 8.03. The highest BCUT2D eigenvalue weighted by Gasteiger charge is 2.35. The van der Waals surface area contributed by atoms with E-state index in [2.05, 4.69) is 10.4 Å². The number of benzene rings is 2. The molecule has 0 saturated carbocycles. The number of hydrogen-bond donors (Lipinski definition) is 1. The largest absolute Gasteiger partial charge is 0.435 e. The van der Waals surface area contributed by atoms with Crippen LogP contribution in [-0.2, 0) is 6.18 Å². The van der Waals surface area contributed by atoms with Gasteiger partial charge >= 0.3 is 6.18 Å². The van der Waals surface area contributed by atoms with Gasteiger partial charge in [0, 0.05) is 11.3 Å². The summed E-state index contributed by atoms with van der Waals surface area (Å²) in [6, 6.07) is 16.5. The maximum absolute atomic E-state index is 13.3. The average molecular weight is 441 g/mol. The second-order valence-electron chi connectivity index (χ2n) is 7.05. The van der Waals surface area contributed by atoms with Crippen LogP contribution < -0.4 is 5.32 Å². The van der Waals surface area contributed by atoms with Gasteiger partial charge in [0.2, 0.25) is 0 Å². The van der Waals surface area contributed by atoms with Crippen LogP contribution in [0.1, 0.15) is 27.2 Å². The second-order valence-corrected chi connectivity index (χ2v) is 8.00. The molecule has 4 nitrogen and oxygen atoms in total. The van der Waals surface area contributed by atoms with Crippen molar-refractivity contribution in [1.29, 1.82) is 0 Å². The highest BCUT2D eigenvalue weighted by Crippen LogP contribution is 2.34. The fourth-order valence-corrected chi connectivity index (χ4v) is 3.88. The number of carbonyl (C=O) groups is 1. The molecular formula is C23H18F3N3OS. The highest BCUT2D eigenvalue weighted by atomic mass is 32.1. The molecule has 0 aliphatic carbocycles. The minimum atomic E-state index is -4.55. The Hall–Kier alpha value is -3.39. The summed E-state index contributed by atoms with van der Waals surface area (Å²) in [5.74, 6) is -0.296. The van der Waals surface area contributed by atoms with Crippen LogP contribution >= 0.6 is 11.3 Å². The number of nitrogens with zero attached hydrogens (tertiary/aromatic N) is 2. The molecule has 31 heavy (non-hydrogen) atoms. The normalized spacial score (nSPS) is 11.5. The number of carbonyl (C=O) groups excluding carboxylic acids is 1. The van der Waals surface area contributed by atoms with Crippen LogP contribution in [0.25, 0.3) is 16.3 Å². The van der Waals surface area contributed by atoms with E-state index in [1.807, 2.05) is 32.0 Å². The molecule has 0 bridgehead atoms. The summed E-state index contributed by atoms with van der Waals surface area (Å²) >= 11 is 1.33. The molecule has 0 aliphatic rings. The lowest BCUT2D eigenvalue weighted by atomic mass is 10.1. The molecule has 2 aromatic carbocycles. The summed E-state index contributed by atoms with van der Waals surface area (Å²) in [6.45, 7) is 3.89. The molecule has 1 N–H and O–H groups in total. The van der Waals surface area contributed by atoms with Gasteiger partial charge in [-0.3, -0.25) is 4.79 Å². The number of amides is 1. The molecule has 0 spiro atoms. The fourth-order valence-electron chi connectivity index (χ4n) is 3.15. The number of hydrogen-bond acceptors (Lipinski definition) is 3. The highest BCUT2D eigenvalue weighted by molar-refractivity contribution is 7.13. The summed E-state index contributed by atoms with van der Waals surface area (Å²) in [4.78, 5) is 13.3. The van der Waals surface area contributed by atoms with Gasteiger partial charge in [-0.05, 0) is 72.8 Å². The first kappa shape index (κ1) is 20.9. The molecule has 2 heterocycles. The number of rotatable bonds is 4. The Kier molecular flexibility index (Phi) is 5.41. The van der Waals surface area contributed by atoms with Crippen molar-refractivity contribution in [2.24, 2.45) is 0 Å². The number of aromatic nitrogens is 2. The molecular weight excluding hydrogens is 423 g/mol. The van der Waals surface area contributed by atoms with Gasteiger partial charge in [-0.2, -0.15) is 18.3 Å². The summed E-state index contributed by atoms with van der Waals surface area (Å²) in [6.07, 6.45) is -4.55. The van der Waals surface area contributed by atoms with Crippen LogP contribution in [-0.4, -0.2) is 15.7 Å². The van der Waals surface area contributed by atoms with Crippen LogP contribution in [0.3, 0.4) is 0 Å². The Balaban J connectivity index is 1.65. The standard InChI is InChI=1S/C23H18F3N3OS/c1-14-5-3-6-18(15(14)2)27-22(30)16-8-10-17(11-9-16)29-19(20-7-4-12-31-20)13-21(28-29)23(24,25)26/h3-13H,1-2H3,(H,27,30). The molecule has 4 rings (SSSR count). The third-order valence-electron chi connectivity index (χ3n) is 5.00. The molecule has 8 heteroatoms. The summed E-state index contributed by atoms with van der Waals surface area (Å²) in [7, 11) is 0. The zero-order valence-corrected chi connectivity index (χ0v) is 17.5. The third kappa shape index (κ3) is 4.25.